The fraction of sp³-hybridized carbons (Fsp3) is 1.00. The van der Waals surface area contributed by atoms with Crippen LogP contribution in [0.15, 0.2) is 0 Å². The van der Waals surface area contributed by atoms with Crippen molar-refractivity contribution in [3.63, 3.8) is 0 Å². The van der Waals surface area contributed by atoms with E-state index in [-0.39, 0.29) is 24.9 Å². The van der Waals surface area contributed by atoms with Crippen LogP contribution in [0.5, 0.6) is 0 Å². The van der Waals surface area contributed by atoms with E-state index in [4.69, 9.17) is 18.9 Å². The van der Waals surface area contributed by atoms with Gasteiger partial charge in [0.1, 0.15) is 18.3 Å². The monoisotopic (exact) mass is 486 g/mol. The molecule has 1 aliphatic rings. The molecule has 5 nitrogen and oxygen atoms in total. The highest BCUT2D eigenvalue weighted by Gasteiger charge is 2.46. The van der Waals surface area contributed by atoms with Gasteiger partial charge < -0.3 is 24.1 Å². The third kappa shape index (κ3) is 15.0. The first-order valence-electron chi connectivity index (χ1n) is 14.9. The molecule has 0 amide bonds. The molecule has 1 saturated heterocycles. The molecule has 0 aromatic heterocycles. The van der Waals surface area contributed by atoms with E-state index in [9.17, 15) is 5.11 Å². The third-order valence-electron chi connectivity index (χ3n) is 6.84. The van der Waals surface area contributed by atoms with Gasteiger partial charge in [-0.15, -0.1) is 0 Å². The molecule has 1 fully saturated rings. The first-order chi connectivity index (χ1) is 16.8. The lowest BCUT2D eigenvalue weighted by atomic mass is 10.1. The number of hydrogen-bond donors (Lipinski definition) is 1. The third-order valence-corrected chi connectivity index (χ3v) is 6.84. The van der Waals surface area contributed by atoms with Gasteiger partial charge >= 0.3 is 0 Å². The molecule has 1 N–H and O–H groups in total. The number of aliphatic hydroxyl groups is 1. The van der Waals surface area contributed by atoms with Gasteiger partial charge in [0.2, 0.25) is 0 Å². The molecule has 1 rings (SSSR count). The van der Waals surface area contributed by atoms with Crippen LogP contribution in [0, 0.1) is 0 Å². The van der Waals surface area contributed by atoms with E-state index in [1.54, 1.807) is 0 Å². The lowest BCUT2D eigenvalue weighted by Gasteiger charge is -2.24. The van der Waals surface area contributed by atoms with E-state index in [1.807, 2.05) is 0 Å². The van der Waals surface area contributed by atoms with Gasteiger partial charge in [-0.2, -0.15) is 0 Å². The lowest BCUT2D eigenvalue weighted by Crippen LogP contribution is -2.40. The van der Waals surface area contributed by atoms with Crippen LogP contribution in [0.1, 0.15) is 136 Å². The summed E-state index contributed by atoms with van der Waals surface area (Å²) in [6, 6.07) is 0. The molecule has 0 bridgehead atoms. The van der Waals surface area contributed by atoms with E-state index in [2.05, 4.69) is 20.8 Å². The summed E-state index contributed by atoms with van der Waals surface area (Å²) in [6.07, 6.45) is 20.9. The predicted molar refractivity (Wildman–Crippen MR) is 141 cm³/mol. The smallest absolute Gasteiger partial charge is 0.186 e. The van der Waals surface area contributed by atoms with Gasteiger partial charge in [0.15, 0.2) is 6.29 Å². The van der Waals surface area contributed by atoms with Crippen molar-refractivity contribution >= 4 is 0 Å². The Balaban J connectivity index is 2.46. The van der Waals surface area contributed by atoms with Gasteiger partial charge in [-0.05, 0) is 19.3 Å². The first-order valence-corrected chi connectivity index (χ1v) is 14.9. The van der Waals surface area contributed by atoms with Crippen molar-refractivity contribution in [3.8, 4) is 0 Å². The summed E-state index contributed by atoms with van der Waals surface area (Å²) in [5, 5.41) is 9.94. The average molecular weight is 487 g/mol. The minimum Gasteiger partial charge on any atom is -0.394 e. The van der Waals surface area contributed by atoms with E-state index in [1.165, 1.54) is 96.3 Å². The molecule has 5 heteroatoms. The minimum atomic E-state index is -0.442. The van der Waals surface area contributed by atoms with Crippen molar-refractivity contribution in [2.45, 2.75) is 161 Å². The summed E-state index contributed by atoms with van der Waals surface area (Å²) in [6.45, 7) is 8.75. The van der Waals surface area contributed by atoms with Crippen LogP contribution >= 0.6 is 0 Å². The molecule has 0 spiro atoms. The Morgan fingerprint density at radius 3 is 1.32 bits per heavy atom. The first kappa shape index (κ1) is 31.8. The van der Waals surface area contributed by atoms with Gasteiger partial charge in [0.05, 0.1) is 6.61 Å². The minimum absolute atomic E-state index is 0.0606. The average Bonchev–Trinajstić information content (AvgIpc) is 3.18. The zero-order valence-electron chi connectivity index (χ0n) is 22.9. The standard InChI is InChI=1S/C29H58O5/c1-4-7-10-13-16-19-22-31-27-26(25-30)34-29(33-24-21-18-15-12-9-6-3)28(27)32-23-20-17-14-11-8-5-2/h26-30H,4-25H2,1-3H3/t26-,27?,28+,29+/m1/s1. The molecule has 0 aliphatic carbocycles. The second-order valence-electron chi connectivity index (χ2n) is 10.1. The molecular weight excluding hydrogens is 428 g/mol. The lowest BCUT2D eigenvalue weighted by molar-refractivity contribution is -0.181. The van der Waals surface area contributed by atoms with Gasteiger partial charge in [-0.1, -0.05) is 117 Å². The number of rotatable bonds is 25. The molecule has 204 valence electrons. The highest BCUT2D eigenvalue weighted by molar-refractivity contribution is 4.89. The maximum atomic E-state index is 9.94. The highest BCUT2D eigenvalue weighted by atomic mass is 16.7. The maximum Gasteiger partial charge on any atom is 0.186 e. The summed E-state index contributed by atoms with van der Waals surface area (Å²) < 4.78 is 24.8. The van der Waals surface area contributed by atoms with Gasteiger partial charge in [-0.25, -0.2) is 0 Å². The largest absolute Gasteiger partial charge is 0.394 e. The summed E-state index contributed by atoms with van der Waals surface area (Å²) in [5.41, 5.74) is 0. The summed E-state index contributed by atoms with van der Waals surface area (Å²) in [7, 11) is 0. The summed E-state index contributed by atoms with van der Waals surface area (Å²) in [5.74, 6) is 0. The molecule has 1 aliphatic heterocycles. The molecule has 34 heavy (non-hydrogen) atoms. The van der Waals surface area contributed by atoms with E-state index in [0.29, 0.717) is 19.8 Å². The van der Waals surface area contributed by atoms with Crippen LogP contribution in [-0.2, 0) is 18.9 Å². The number of unbranched alkanes of at least 4 members (excludes halogenated alkanes) is 15. The van der Waals surface area contributed by atoms with E-state index in [0.717, 1.165) is 19.3 Å². The fourth-order valence-electron chi connectivity index (χ4n) is 4.64. The van der Waals surface area contributed by atoms with Crippen LogP contribution in [0.2, 0.25) is 0 Å². The summed E-state index contributed by atoms with van der Waals surface area (Å²) >= 11 is 0. The van der Waals surface area contributed by atoms with E-state index < -0.39 is 6.29 Å². The SMILES string of the molecule is CCCCCCCCOC1[C@@H](CO)O[C@H](OCCCCCCCC)[C@H]1OCCCCCCCC. The quantitative estimate of drug-likeness (QED) is 0.135. The Morgan fingerprint density at radius 2 is 0.882 bits per heavy atom. The Morgan fingerprint density at radius 1 is 0.500 bits per heavy atom. The van der Waals surface area contributed by atoms with Crippen LogP contribution < -0.4 is 0 Å². The molecule has 0 radical (unpaired) electrons. The van der Waals surface area contributed by atoms with Gasteiger partial charge in [-0.3, -0.25) is 0 Å². The van der Waals surface area contributed by atoms with Crippen molar-refractivity contribution in [1.82, 2.24) is 0 Å². The summed E-state index contributed by atoms with van der Waals surface area (Å²) in [4.78, 5) is 0. The molecule has 1 heterocycles. The Bertz CT molecular complexity index is 419. The van der Waals surface area contributed by atoms with Crippen molar-refractivity contribution in [3.05, 3.63) is 0 Å². The Kier molecular flexibility index (Phi) is 21.7. The molecule has 0 aromatic rings. The number of aliphatic hydroxyl groups excluding tert-OH is 1. The van der Waals surface area contributed by atoms with Crippen LogP contribution in [-0.4, -0.2) is 56.1 Å². The molecular formula is C29H58O5. The molecule has 0 aromatic carbocycles. The molecule has 4 atom stereocenters. The number of hydrogen-bond acceptors (Lipinski definition) is 5. The van der Waals surface area contributed by atoms with Crippen LogP contribution in [0.25, 0.3) is 0 Å². The topological polar surface area (TPSA) is 57.2 Å². The van der Waals surface area contributed by atoms with Crippen molar-refractivity contribution < 1.29 is 24.1 Å². The second kappa shape index (κ2) is 23.2. The van der Waals surface area contributed by atoms with Crippen molar-refractivity contribution in [1.29, 1.82) is 0 Å². The predicted octanol–water partition coefficient (Wildman–Crippen LogP) is 7.57. The van der Waals surface area contributed by atoms with Gasteiger partial charge in [0, 0.05) is 19.8 Å². The maximum absolute atomic E-state index is 9.94. The fourth-order valence-corrected chi connectivity index (χ4v) is 4.64. The normalized spacial score (nSPS) is 22.6. The second-order valence-corrected chi connectivity index (χ2v) is 10.1. The zero-order valence-corrected chi connectivity index (χ0v) is 22.9. The van der Waals surface area contributed by atoms with Crippen LogP contribution in [0.3, 0.4) is 0 Å². The molecule has 0 saturated carbocycles. The van der Waals surface area contributed by atoms with Crippen molar-refractivity contribution in [2.75, 3.05) is 26.4 Å². The Labute approximate surface area is 211 Å². The number of ether oxygens (including phenoxy) is 4. The Hall–Kier alpha value is -0.200. The van der Waals surface area contributed by atoms with E-state index >= 15 is 0 Å². The van der Waals surface area contributed by atoms with Crippen LogP contribution in [0.4, 0.5) is 0 Å². The highest BCUT2D eigenvalue weighted by Crippen LogP contribution is 2.28. The van der Waals surface area contributed by atoms with Gasteiger partial charge in [0.25, 0.3) is 0 Å². The molecule has 1 unspecified atom stereocenters. The zero-order chi connectivity index (χ0) is 24.7. The van der Waals surface area contributed by atoms with Crippen molar-refractivity contribution in [2.24, 2.45) is 0 Å².